The van der Waals surface area contributed by atoms with Crippen LogP contribution in [0.2, 0.25) is 0 Å². The Morgan fingerprint density at radius 2 is 2.12 bits per heavy atom. The van der Waals surface area contributed by atoms with E-state index in [0.29, 0.717) is 18.2 Å². The van der Waals surface area contributed by atoms with E-state index in [0.717, 1.165) is 25.9 Å². The second kappa shape index (κ2) is 5.35. The Morgan fingerprint density at radius 3 is 2.76 bits per heavy atom. The lowest BCUT2D eigenvalue weighted by Crippen LogP contribution is -2.38. The Bertz CT molecular complexity index is 400. The van der Waals surface area contributed by atoms with Gasteiger partial charge < -0.3 is 4.90 Å². The Labute approximate surface area is 104 Å². The Kier molecular flexibility index (Phi) is 3.82. The molecule has 1 atom stereocenters. The minimum absolute atomic E-state index is 0.325. The van der Waals surface area contributed by atoms with Crippen molar-refractivity contribution in [3.63, 3.8) is 0 Å². The first-order valence-corrected chi connectivity index (χ1v) is 6.55. The number of carbonyl (C=O) groups is 1. The van der Waals surface area contributed by atoms with Crippen LogP contribution in [-0.2, 0) is 4.79 Å². The van der Waals surface area contributed by atoms with Crippen LogP contribution in [0.3, 0.4) is 0 Å². The van der Waals surface area contributed by atoms with Crippen molar-refractivity contribution in [1.82, 2.24) is 4.90 Å². The van der Waals surface area contributed by atoms with Crippen LogP contribution in [0.25, 0.3) is 0 Å². The first kappa shape index (κ1) is 12.2. The molecule has 1 fully saturated rings. The van der Waals surface area contributed by atoms with E-state index in [2.05, 4.69) is 38.1 Å². The maximum atomic E-state index is 12.0. The molecule has 0 spiro atoms. The molecule has 0 saturated carbocycles. The zero-order valence-electron chi connectivity index (χ0n) is 10.8. The minimum atomic E-state index is 0.325. The van der Waals surface area contributed by atoms with Crippen molar-refractivity contribution in [3.8, 4) is 0 Å². The van der Waals surface area contributed by atoms with E-state index < -0.39 is 0 Å². The number of amides is 1. The quantitative estimate of drug-likeness (QED) is 0.782. The molecule has 1 amide bonds. The van der Waals surface area contributed by atoms with Gasteiger partial charge in [0.1, 0.15) is 0 Å². The monoisotopic (exact) mass is 231 g/mol. The second-order valence-electron chi connectivity index (χ2n) is 4.93. The van der Waals surface area contributed by atoms with Gasteiger partial charge in [0, 0.05) is 19.5 Å². The van der Waals surface area contributed by atoms with E-state index in [9.17, 15) is 4.79 Å². The number of hydrogen-bond donors (Lipinski definition) is 0. The van der Waals surface area contributed by atoms with Crippen molar-refractivity contribution in [3.05, 3.63) is 35.4 Å². The molecule has 1 unspecified atom stereocenters. The first-order valence-electron chi connectivity index (χ1n) is 6.55. The summed E-state index contributed by atoms with van der Waals surface area (Å²) in [5.74, 6) is 0.753. The summed E-state index contributed by atoms with van der Waals surface area (Å²) < 4.78 is 0. The van der Waals surface area contributed by atoms with Crippen molar-refractivity contribution >= 4 is 5.91 Å². The summed E-state index contributed by atoms with van der Waals surface area (Å²) in [5.41, 5.74) is 2.67. The van der Waals surface area contributed by atoms with E-state index >= 15 is 0 Å². The van der Waals surface area contributed by atoms with Gasteiger partial charge in [-0.05, 0) is 36.8 Å². The van der Waals surface area contributed by atoms with Crippen molar-refractivity contribution < 1.29 is 4.79 Å². The fraction of sp³-hybridized carbons (Fsp3) is 0.533. The van der Waals surface area contributed by atoms with Crippen LogP contribution in [0, 0.1) is 6.92 Å². The molecule has 1 aliphatic heterocycles. The van der Waals surface area contributed by atoms with Crippen LogP contribution in [0.5, 0.6) is 0 Å². The van der Waals surface area contributed by atoms with E-state index in [4.69, 9.17) is 0 Å². The Balaban J connectivity index is 2.07. The van der Waals surface area contributed by atoms with Crippen LogP contribution in [-0.4, -0.2) is 23.9 Å². The van der Waals surface area contributed by atoms with Crippen molar-refractivity contribution in [2.75, 3.05) is 13.1 Å². The molecule has 1 aromatic carbocycles. The third-order valence-electron chi connectivity index (χ3n) is 3.64. The number of aryl methyl sites for hydroxylation is 1. The van der Waals surface area contributed by atoms with Crippen LogP contribution in [0.1, 0.15) is 43.2 Å². The van der Waals surface area contributed by atoms with Gasteiger partial charge in [-0.15, -0.1) is 0 Å². The molecule has 2 rings (SSSR count). The van der Waals surface area contributed by atoms with Gasteiger partial charge in [0.25, 0.3) is 0 Å². The first-order chi connectivity index (χ1) is 8.22. The number of rotatable bonds is 3. The average Bonchev–Trinajstić information content (AvgIpc) is 2.33. The average molecular weight is 231 g/mol. The molecule has 0 bridgehead atoms. The van der Waals surface area contributed by atoms with Gasteiger partial charge in [-0.1, -0.05) is 31.2 Å². The Hall–Kier alpha value is -1.31. The molecule has 1 aromatic rings. The molecule has 1 aliphatic rings. The summed E-state index contributed by atoms with van der Waals surface area (Å²) in [6.07, 6.45) is 2.85. The topological polar surface area (TPSA) is 20.3 Å². The SMILES string of the molecule is CCCN1CCC(c2ccccc2C)CC1=O. The molecule has 0 radical (unpaired) electrons. The number of hydrogen-bond acceptors (Lipinski definition) is 1. The van der Waals surface area contributed by atoms with Gasteiger partial charge in [0.2, 0.25) is 5.91 Å². The third-order valence-corrected chi connectivity index (χ3v) is 3.64. The largest absolute Gasteiger partial charge is 0.343 e. The number of nitrogens with zero attached hydrogens (tertiary/aromatic N) is 1. The normalized spacial score (nSPS) is 20.7. The third kappa shape index (κ3) is 2.68. The molecule has 17 heavy (non-hydrogen) atoms. The summed E-state index contributed by atoms with van der Waals surface area (Å²) in [6.45, 7) is 6.10. The van der Waals surface area contributed by atoms with Crippen LogP contribution in [0.15, 0.2) is 24.3 Å². The van der Waals surface area contributed by atoms with E-state index in [1.165, 1.54) is 11.1 Å². The summed E-state index contributed by atoms with van der Waals surface area (Å²) in [7, 11) is 0. The molecule has 2 heteroatoms. The zero-order chi connectivity index (χ0) is 12.3. The molecule has 92 valence electrons. The maximum Gasteiger partial charge on any atom is 0.223 e. The molecule has 2 nitrogen and oxygen atoms in total. The number of piperidine rings is 1. The van der Waals surface area contributed by atoms with Gasteiger partial charge in [-0.3, -0.25) is 4.79 Å². The predicted octanol–water partition coefficient (Wildman–Crippen LogP) is 3.11. The van der Waals surface area contributed by atoms with Gasteiger partial charge in [-0.2, -0.15) is 0 Å². The lowest BCUT2D eigenvalue weighted by molar-refractivity contribution is -0.133. The highest BCUT2D eigenvalue weighted by Gasteiger charge is 2.26. The molecule has 0 aliphatic carbocycles. The minimum Gasteiger partial charge on any atom is -0.343 e. The van der Waals surface area contributed by atoms with Gasteiger partial charge in [0.05, 0.1) is 0 Å². The summed E-state index contributed by atoms with van der Waals surface area (Å²) in [5, 5.41) is 0. The number of carbonyl (C=O) groups excluding carboxylic acids is 1. The summed E-state index contributed by atoms with van der Waals surface area (Å²) in [4.78, 5) is 14.0. The molecule has 0 N–H and O–H groups in total. The fourth-order valence-corrected chi connectivity index (χ4v) is 2.70. The van der Waals surface area contributed by atoms with E-state index in [-0.39, 0.29) is 0 Å². The van der Waals surface area contributed by atoms with Crippen molar-refractivity contribution in [2.24, 2.45) is 0 Å². The molecular weight excluding hydrogens is 210 g/mol. The standard InChI is InChI=1S/C15H21NO/c1-3-9-16-10-8-13(11-15(16)17)14-7-5-4-6-12(14)2/h4-7,13H,3,8-11H2,1-2H3. The molecule has 1 saturated heterocycles. The Morgan fingerprint density at radius 1 is 1.35 bits per heavy atom. The van der Waals surface area contributed by atoms with Crippen LogP contribution in [0.4, 0.5) is 0 Å². The summed E-state index contributed by atoms with van der Waals surface area (Å²) >= 11 is 0. The number of benzene rings is 1. The van der Waals surface area contributed by atoms with Crippen LogP contribution >= 0.6 is 0 Å². The van der Waals surface area contributed by atoms with Gasteiger partial charge in [-0.25, -0.2) is 0 Å². The van der Waals surface area contributed by atoms with Gasteiger partial charge >= 0.3 is 0 Å². The van der Waals surface area contributed by atoms with Crippen molar-refractivity contribution in [2.45, 2.75) is 39.0 Å². The smallest absolute Gasteiger partial charge is 0.223 e. The molecule has 1 heterocycles. The number of likely N-dealkylation sites (tertiary alicyclic amines) is 1. The fourth-order valence-electron chi connectivity index (χ4n) is 2.70. The highest BCUT2D eigenvalue weighted by molar-refractivity contribution is 5.78. The maximum absolute atomic E-state index is 12.0. The van der Waals surface area contributed by atoms with Gasteiger partial charge in [0.15, 0.2) is 0 Å². The predicted molar refractivity (Wildman–Crippen MR) is 70.0 cm³/mol. The van der Waals surface area contributed by atoms with E-state index in [1.807, 2.05) is 4.90 Å². The second-order valence-corrected chi connectivity index (χ2v) is 4.93. The highest BCUT2D eigenvalue weighted by Crippen LogP contribution is 2.30. The lowest BCUT2D eigenvalue weighted by atomic mass is 9.86. The summed E-state index contributed by atoms with van der Waals surface area (Å²) in [6, 6.07) is 8.44. The highest BCUT2D eigenvalue weighted by atomic mass is 16.2. The zero-order valence-corrected chi connectivity index (χ0v) is 10.8. The molecule has 0 aromatic heterocycles. The van der Waals surface area contributed by atoms with E-state index in [1.54, 1.807) is 0 Å². The lowest BCUT2D eigenvalue weighted by Gasteiger charge is -2.32. The molecular formula is C15H21NO. The van der Waals surface area contributed by atoms with Crippen molar-refractivity contribution in [1.29, 1.82) is 0 Å². The van der Waals surface area contributed by atoms with Crippen LogP contribution < -0.4 is 0 Å².